The average Bonchev–Trinajstić information content (AvgIpc) is 2.57. The van der Waals surface area contributed by atoms with Gasteiger partial charge in [-0.05, 0) is 39.2 Å². The van der Waals surface area contributed by atoms with Crippen LogP contribution in [0.25, 0.3) is 6.08 Å². The smallest absolute Gasteiger partial charge is 0.400 e. The van der Waals surface area contributed by atoms with E-state index in [-0.39, 0.29) is 11.3 Å². The fourth-order valence-corrected chi connectivity index (χ4v) is 2.37. The highest BCUT2D eigenvalue weighted by atomic mass is 32.1. The Labute approximate surface area is 135 Å². The van der Waals surface area contributed by atoms with E-state index in [1.54, 1.807) is 0 Å². The minimum absolute atomic E-state index is 0.0216. The minimum Gasteiger partial charge on any atom is -0.400 e. The van der Waals surface area contributed by atoms with Gasteiger partial charge in [0.1, 0.15) is 11.6 Å². The standard InChI is InChI=1S/C15H20BF2NO2S/c1-14(2)15(3,4)21-16(20-14)9(8-22)5-11-12(18)6-10(17)7-13(11)19/h5-7,22H,8,19H2,1-4H3. The van der Waals surface area contributed by atoms with E-state index in [0.717, 1.165) is 12.1 Å². The molecule has 1 fully saturated rings. The zero-order valence-electron chi connectivity index (χ0n) is 13.1. The molecule has 0 unspecified atom stereocenters. The van der Waals surface area contributed by atoms with Gasteiger partial charge in [0.2, 0.25) is 0 Å². The van der Waals surface area contributed by atoms with E-state index in [1.165, 1.54) is 6.08 Å². The number of rotatable bonds is 3. The van der Waals surface area contributed by atoms with Crippen LogP contribution < -0.4 is 5.73 Å². The largest absolute Gasteiger partial charge is 0.491 e. The molecule has 1 aromatic carbocycles. The number of hydrogen-bond acceptors (Lipinski definition) is 4. The maximum atomic E-state index is 13.9. The third kappa shape index (κ3) is 3.16. The van der Waals surface area contributed by atoms with Crippen LogP contribution >= 0.6 is 12.6 Å². The summed E-state index contributed by atoms with van der Waals surface area (Å²) in [6, 6.07) is 1.87. The van der Waals surface area contributed by atoms with Crippen LogP contribution in [0.4, 0.5) is 14.5 Å². The molecule has 0 saturated carbocycles. The monoisotopic (exact) mass is 327 g/mol. The number of anilines is 1. The lowest BCUT2D eigenvalue weighted by Crippen LogP contribution is -2.41. The van der Waals surface area contributed by atoms with Crippen molar-refractivity contribution in [2.45, 2.75) is 38.9 Å². The molecule has 2 N–H and O–H groups in total. The third-order valence-corrected chi connectivity index (χ3v) is 4.56. The SMILES string of the molecule is CC1(C)OB(C(=Cc2c(N)cc(F)cc2F)CS)OC1(C)C. The Bertz CT molecular complexity index is 581. The summed E-state index contributed by atoms with van der Waals surface area (Å²) in [6.07, 6.45) is 1.51. The summed E-state index contributed by atoms with van der Waals surface area (Å²) in [6.45, 7) is 7.71. The fourth-order valence-electron chi connectivity index (χ4n) is 2.13. The van der Waals surface area contributed by atoms with Crippen LogP contribution in [0.1, 0.15) is 33.3 Å². The molecule has 0 aromatic heterocycles. The molecule has 1 aromatic rings. The van der Waals surface area contributed by atoms with E-state index in [9.17, 15) is 8.78 Å². The Kier molecular flexibility index (Phi) is 4.62. The van der Waals surface area contributed by atoms with Crippen LogP contribution in [-0.2, 0) is 9.31 Å². The predicted molar refractivity (Wildman–Crippen MR) is 88.7 cm³/mol. The van der Waals surface area contributed by atoms with Crippen LogP contribution in [0.3, 0.4) is 0 Å². The first kappa shape index (κ1) is 17.3. The number of hydrogen-bond donors (Lipinski definition) is 2. The van der Waals surface area contributed by atoms with Crippen molar-refractivity contribution in [1.29, 1.82) is 0 Å². The van der Waals surface area contributed by atoms with Crippen molar-refractivity contribution in [3.8, 4) is 0 Å². The molecular weight excluding hydrogens is 307 g/mol. The van der Waals surface area contributed by atoms with Crippen LogP contribution in [-0.4, -0.2) is 24.1 Å². The molecule has 120 valence electrons. The number of nitrogens with two attached hydrogens (primary N) is 1. The second kappa shape index (κ2) is 5.87. The number of benzene rings is 1. The molecule has 0 bridgehead atoms. The van der Waals surface area contributed by atoms with Gasteiger partial charge in [-0.25, -0.2) is 8.78 Å². The first-order chi connectivity index (χ1) is 10.1. The normalized spacial score (nSPS) is 20.5. The van der Waals surface area contributed by atoms with Gasteiger partial charge < -0.3 is 15.0 Å². The molecule has 1 saturated heterocycles. The summed E-state index contributed by atoms with van der Waals surface area (Å²) in [7, 11) is -0.647. The van der Waals surface area contributed by atoms with Crippen LogP contribution in [0.2, 0.25) is 0 Å². The van der Waals surface area contributed by atoms with Crippen molar-refractivity contribution in [3.63, 3.8) is 0 Å². The maximum absolute atomic E-state index is 13.9. The summed E-state index contributed by atoms with van der Waals surface area (Å²) in [5.41, 5.74) is 5.44. The lowest BCUT2D eigenvalue weighted by Gasteiger charge is -2.32. The molecule has 0 amide bonds. The first-order valence-electron chi connectivity index (χ1n) is 6.99. The van der Waals surface area contributed by atoms with Gasteiger partial charge in [-0.15, -0.1) is 0 Å². The lowest BCUT2D eigenvalue weighted by molar-refractivity contribution is 0.00578. The van der Waals surface area contributed by atoms with Gasteiger partial charge in [-0.3, -0.25) is 0 Å². The molecule has 22 heavy (non-hydrogen) atoms. The second-order valence-corrected chi connectivity index (χ2v) is 6.67. The van der Waals surface area contributed by atoms with Crippen molar-refractivity contribution in [2.24, 2.45) is 0 Å². The maximum Gasteiger partial charge on any atom is 0.491 e. The topological polar surface area (TPSA) is 44.5 Å². The quantitative estimate of drug-likeness (QED) is 0.507. The van der Waals surface area contributed by atoms with Gasteiger partial charge in [0.25, 0.3) is 0 Å². The molecule has 0 atom stereocenters. The predicted octanol–water partition coefficient (Wildman–Crippen LogP) is 3.49. The first-order valence-corrected chi connectivity index (χ1v) is 7.62. The number of nitrogen functional groups attached to an aromatic ring is 1. The molecule has 0 radical (unpaired) electrons. The summed E-state index contributed by atoms with van der Waals surface area (Å²) >= 11 is 4.26. The molecule has 1 aliphatic heterocycles. The minimum atomic E-state index is -0.728. The van der Waals surface area contributed by atoms with Crippen LogP contribution in [0.15, 0.2) is 17.6 Å². The Hall–Kier alpha value is -1.05. The highest BCUT2D eigenvalue weighted by Gasteiger charge is 2.52. The van der Waals surface area contributed by atoms with Gasteiger partial charge in [-0.1, -0.05) is 6.08 Å². The molecular formula is C15H20BF2NO2S. The Balaban J connectivity index is 2.38. The zero-order chi connectivity index (χ0) is 16.7. The fraction of sp³-hybridized carbons (Fsp3) is 0.467. The second-order valence-electron chi connectivity index (χ2n) is 6.36. The van der Waals surface area contributed by atoms with Gasteiger partial charge in [0.15, 0.2) is 0 Å². The number of thiol groups is 1. The van der Waals surface area contributed by atoms with Gasteiger partial charge in [0, 0.05) is 23.1 Å². The van der Waals surface area contributed by atoms with E-state index >= 15 is 0 Å². The Morgan fingerprint density at radius 3 is 2.23 bits per heavy atom. The lowest BCUT2D eigenvalue weighted by atomic mass is 9.78. The number of halogens is 2. The average molecular weight is 327 g/mol. The van der Waals surface area contributed by atoms with Gasteiger partial charge >= 0.3 is 7.12 Å². The van der Waals surface area contributed by atoms with Crippen molar-refractivity contribution in [3.05, 3.63) is 34.8 Å². The highest BCUT2D eigenvalue weighted by molar-refractivity contribution is 7.80. The molecule has 0 spiro atoms. The summed E-state index contributed by atoms with van der Waals surface area (Å²) < 4.78 is 38.9. The van der Waals surface area contributed by atoms with E-state index < -0.39 is 30.0 Å². The van der Waals surface area contributed by atoms with Crippen LogP contribution in [0.5, 0.6) is 0 Å². The Morgan fingerprint density at radius 1 is 1.23 bits per heavy atom. The van der Waals surface area contributed by atoms with E-state index in [0.29, 0.717) is 11.2 Å². The summed E-state index contributed by atoms with van der Waals surface area (Å²) in [5, 5.41) is 0. The van der Waals surface area contributed by atoms with Crippen LogP contribution in [0, 0.1) is 11.6 Å². The molecule has 1 aliphatic rings. The zero-order valence-corrected chi connectivity index (χ0v) is 14.0. The van der Waals surface area contributed by atoms with Crippen molar-refractivity contribution < 1.29 is 18.1 Å². The molecule has 0 aliphatic carbocycles. The summed E-state index contributed by atoms with van der Waals surface area (Å²) in [4.78, 5) is 0. The van der Waals surface area contributed by atoms with E-state index in [2.05, 4.69) is 12.6 Å². The van der Waals surface area contributed by atoms with Crippen molar-refractivity contribution in [2.75, 3.05) is 11.5 Å². The third-order valence-electron chi connectivity index (χ3n) is 4.19. The van der Waals surface area contributed by atoms with Crippen molar-refractivity contribution in [1.82, 2.24) is 0 Å². The van der Waals surface area contributed by atoms with Gasteiger partial charge in [-0.2, -0.15) is 12.6 Å². The van der Waals surface area contributed by atoms with E-state index in [4.69, 9.17) is 15.0 Å². The van der Waals surface area contributed by atoms with Gasteiger partial charge in [0.05, 0.1) is 11.2 Å². The Morgan fingerprint density at radius 2 is 1.77 bits per heavy atom. The molecule has 1 heterocycles. The molecule has 7 heteroatoms. The highest BCUT2D eigenvalue weighted by Crippen LogP contribution is 2.39. The molecule has 2 rings (SSSR count). The van der Waals surface area contributed by atoms with Crippen molar-refractivity contribution >= 4 is 31.5 Å². The summed E-state index contributed by atoms with van der Waals surface area (Å²) in [5.74, 6) is -1.14. The van der Waals surface area contributed by atoms with E-state index in [1.807, 2.05) is 27.7 Å². The molecule has 3 nitrogen and oxygen atoms in total.